The van der Waals surface area contributed by atoms with Gasteiger partial charge in [-0.05, 0) is 32.3 Å². The molecule has 3 heteroatoms. The third-order valence-electron chi connectivity index (χ3n) is 3.58. The molecule has 0 aliphatic carbocycles. The minimum Gasteiger partial charge on any atom is -0.345 e. The summed E-state index contributed by atoms with van der Waals surface area (Å²) in [6, 6.07) is 0. The van der Waals surface area contributed by atoms with Crippen molar-refractivity contribution >= 4 is 5.78 Å². The first-order valence-corrected chi connectivity index (χ1v) is 7.99. The van der Waals surface area contributed by atoms with Gasteiger partial charge in [0.05, 0.1) is 12.2 Å². The number of allylic oxidation sites excluding steroid dienone is 1. The summed E-state index contributed by atoms with van der Waals surface area (Å²) in [5.41, 5.74) is 0. The van der Waals surface area contributed by atoms with Crippen LogP contribution in [0.4, 0.5) is 0 Å². The van der Waals surface area contributed by atoms with Gasteiger partial charge in [0, 0.05) is 6.42 Å². The van der Waals surface area contributed by atoms with Crippen molar-refractivity contribution < 1.29 is 14.3 Å². The second-order valence-corrected chi connectivity index (χ2v) is 5.99. The molecule has 1 fully saturated rings. The van der Waals surface area contributed by atoms with Gasteiger partial charge in [0.15, 0.2) is 5.79 Å². The van der Waals surface area contributed by atoms with Crippen molar-refractivity contribution in [3.05, 3.63) is 12.7 Å². The molecule has 0 aromatic carbocycles. The fourth-order valence-electron chi connectivity index (χ4n) is 2.57. The normalized spacial score (nSPS) is 23.4. The maximum atomic E-state index is 11.1. The number of carbonyl (C=O) groups excluding carboxylic acids is 1. The Morgan fingerprint density at radius 1 is 1.19 bits per heavy atom. The predicted octanol–water partition coefficient (Wildman–Crippen LogP) is 4.02. The van der Waals surface area contributed by atoms with Gasteiger partial charge in [0.1, 0.15) is 0 Å². The van der Waals surface area contributed by atoms with E-state index in [1.807, 2.05) is 13.8 Å². The summed E-state index contributed by atoms with van der Waals surface area (Å²) >= 11 is 0. The Morgan fingerprint density at radius 2 is 1.86 bits per heavy atom. The Hall–Kier alpha value is -1.11. The maximum absolute atomic E-state index is 11.1. The second-order valence-electron chi connectivity index (χ2n) is 5.99. The van der Waals surface area contributed by atoms with E-state index in [9.17, 15) is 4.79 Å². The average Bonchev–Trinajstić information content (AvgIpc) is 2.73. The van der Waals surface area contributed by atoms with Crippen LogP contribution in [0.15, 0.2) is 12.7 Å². The molecule has 0 aromatic rings. The Balaban J connectivity index is 2.44. The SMILES string of the molecule is C=CC(=O)C#CC[C@H]1OC(C)(C)O[C@@H]1CCCCCCC. The highest BCUT2D eigenvalue weighted by molar-refractivity contribution is 6.03. The molecular formula is C18H28O3. The van der Waals surface area contributed by atoms with Crippen molar-refractivity contribution in [2.45, 2.75) is 83.7 Å². The van der Waals surface area contributed by atoms with E-state index in [1.54, 1.807) is 0 Å². The summed E-state index contributed by atoms with van der Waals surface area (Å²) in [6.45, 7) is 9.48. The van der Waals surface area contributed by atoms with Crippen LogP contribution in [0, 0.1) is 11.8 Å². The first kappa shape index (κ1) is 17.9. The van der Waals surface area contributed by atoms with Crippen molar-refractivity contribution in [3.63, 3.8) is 0 Å². The molecule has 1 saturated heterocycles. The van der Waals surface area contributed by atoms with Crippen molar-refractivity contribution in [1.82, 2.24) is 0 Å². The lowest BCUT2D eigenvalue weighted by molar-refractivity contribution is -0.146. The largest absolute Gasteiger partial charge is 0.345 e. The molecule has 118 valence electrons. The van der Waals surface area contributed by atoms with Crippen LogP contribution < -0.4 is 0 Å². The Bertz CT molecular complexity index is 400. The van der Waals surface area contributed by atoms with E-state index < -0.39 is 5.79 Å². The van der Waals surface area contributed by atoms with Gasteiger partial charge in [-0.2, -0.15) is 0 Å². The summed E-state index contributed by atoms with van der Waals surface area (Å²) in [5.74, 6) is 4.63. The third kappa shape index (κ3) is 6.93. The van der Waals surface area contributed by atoms with Crippen LogP contribution in [0.1, 0.15) is 65.7 Å². The molecule has 0 N–H and O–H groups in total. The Morgan fingerprint density at radius 3 is 2.52 bits per heavy atom. The summed E-state index contributed by atoms with van der Waals surface area (Å²) in [6.07, 6.45) is 9.02. The maximum Gasteiger partial charge on any atom is 0.228 e. The summed E-state index contributed by atoms with van der Waals surface area (Å²) in [4.78, 5) is 11.1. The van der Waals surface area contributed by atoms with Crippen LogP contribution in [-0.2, 0) is 14.3 Å². The van der Waals surface area contributed by atoms with Crippen LogP contribution in [0.5, 0.6) is 0 Å². The lowest BCUT2D eigenvalue weighted by Crippen LogP contribution is -2.22. The van der Waals surface area contributed by atoms with Crippen molar-refractivity contribution in [2.24, 2.45) is 0 Å². The second kappa shape index (κ2) is 9.02. The van der Waals surface area contributed by atoms with Gasteiger partial charge in [-0.15, -0.1) is 0 Å². The molecule has 0 radical (unpaired) electrons. The first-order valence-electron chi connectivity index (χ1n) is 7.99. The zero-order valence-electron chi connectivity index (χ0n) is 13.6. The smallest absolute Gasteiger partial charge is 0.228 e. The summed E-state index contributed by atoms with van der Waals surface area (Å²) in [5, 5.41) is 0. The number of rotatable bonds is 8. The van der Waals surface area contributed by atoms with E-state index in [0.717, 1.165) is 12.8 Å². The standard InChI is InChI=1S/C18H28O3/c1-5-7-8-9-10-13-16-17(21-18(3,4)20-16)14-11-12-15(19)6-2/h6,16-17H,2,5,7-10,13-14H2,1,3-4H3/t16-,17-/m1/s1. The zero-order chi connectivity index (χ0) is 15.7. The van der Waals surface area contributed by atoms with Gasteiger partial charge in [-0.25, -0.2) is 0 Å². The molecule has 0 aromatic heterocycles. The van der Waals surface area contributed by atoms with Gasteiger partial charge in [-0.1, -0.05) is 51.5 Å². The molecule has 0 saturated carbocycles. The minimum absolute atomic E-state index is 0.0451. The van der Waals surface area contributed by atoms with E-state index in [4.69, 9.17) is 9.47 Å². The van der Waals surface area contributed by atoms with E-state index in [2.05, 4.69) is 25.3 Å². The van der Waals surface area contributed by atoms with Crippen molar-refractivity contribution in [2.75, 3.05) is 0 Å². The highest BCUT2D eigenvalue weighted by atomic mass is 16.7. The van der Waals surface area contributed by atoms with Crippen LogP contribution in [0.2, 0.25) is 0 Å². The van der Waals surface area contributed by atoms with Crippen LogP contribution in [-0.4, -0.2) is 23.8 Å². The highest BCUT2D eigenvalue weighted by Crippen LogP contribution is 2.32. The lowest BCUT2D eigenvalue weighted by Gasteiger charge is -2.16. The van der Waals surface area contributed by atoms with E-state index >= 15 is 0 Å². The van der Waals surface area contributed by atoms with Crippen molar-refractivity contribution in [1.29, 1.82) is 0 Å². The van der Waals surface area contributed by atoms with E-state index in [-0.39, 0.29) is 18.0 Å². The fourth-order valence-corrected chi connectivity index (χ4v) is 2.57. The minimum atomic E-state index is -0.553. The highest BCUT2D eigenvalue weighted by Gasteiger charge is 2.40. The number of ether oxygens (including phenoxy) is 2. The molecule has 0 bridgehead atoms. The molecule has 0 spiro atoms. The summed E-state index contributed by atoms with van der Waals surface area (Å²) in [7, 11) is 0. The van der Waals surface area contributed by atoms with Gasteiger partial charge < -0.3 is 9.47 Å². The zero-order valence-corrected chi connectivity index (χ0v) is 13.6. The first-order chi connectivity index (χ1) is 9.98. The summed E-state index contributed by atoms with van der Waals surface area (Å²) < 4.78 is 11.8. The lowest BCUT2D eigenvalue weighted by atomic mass is 10.0. The van der Waals surface area contributed by atoms with Crippen LogP contribution in [0.25, 0.3) is 0 Å². The monoisotopic (exact) mass is 292 g/mol. The van der Waals surface area contributed by atoms with Gasteiger partial charge >= 0.3 is 0 Å². The number of ketones is 1. The molecular weight excluding hydrogens is 264 g/mol. The topological polar surface area (TPSA) is 35.5 Å². The van der Waals surface area contributed by atoms with E-state index in [1.165, 1.54) is 31.8 Å². The Kier molecular flexibility index (Phi) is 7.71. The molecule has 21 heavy (non-hydrogen) atoms. The molecule has 3 nitrogen and oxygen atoms in total. The molecule has 0 amide bonds. The van der Waals surface area contributed by atoms with E-state index in [0.29, 0.717) is 6.42 Å². The third-order valence-corrected chi connectivity index (χ3v) is 3.58. The van der Waals surface area contributed by atoms with Crippen LogP contribution >= 0.6 is 0 Å². The Labute approximate surface area is 129 Å². The number of hydrogen-bond donors (Lipinski definition) is 0. The van der Waals surface area contributed by atoms with Gasteiger partial charge in [0.25, 0.3) is 0 Å². The predicted molar refractivity (Wildman–Crippen MR) is 84.8 cm³/mol. The molecule has 1 aliphatic rings. The molecule has 2 atom stereocenters. The van der Waals surface area contributed by atoms with Crippen LogP contribution in [0.3, 0.4) is 0 Å². The number of unbranched alkanes of at least 4 members (excludes halogenated alkanes) is 4. The molecule has 1 aliphatic heterocycles. The number of carbonyl (C=O) groups is 1. The molecule has 1 heterocycles. The molecule has 0 unspecified atom stereocenters. The molecule has 1 rings (SSSR count). The van der Waals surface area contributed by atoms with Gasteiger partial charge in [0.2, 0.25) is 5.78 Å². The quantitative estimate of drug-likeness (QED) is 0.293. The van der Waals surface area contributed by atoms with Crippen molar-refractivity contribution in [3.8, 4) is 11.8 Å². The number of hydrogen-bond acceptors (Lipinski definition) is 3. The van der Waals surface area contributed by atoms with Gasteiger partial charge in [-0.3, -0.25) is 4.79 Å². The fraction of sp³-hybridized carbons (Fsp3) is 0.722. The average molecular weight is 292 g/mol.